The number of rotatable bonds is 4. The molecular weight excluding hydrogens is 222 g/mol. The van der Waals surface area contributed by atoms with Gasteiger partial charge in [-0.3, -0.25) is 0 Å². The van der Waals surface area contributed by atoms with Gasteiger partial charge in [0.05, 0.1) is 7.11 Å². The maximum atomic E-state index is 5.15. The van der Waals surface area contributed by atoms with Crippen LogP contribution in [0.3, 0.4) is 0 Å². The fourth-order valence-electron chi connectivity index (χ4n) is 1.28. The first-order valence-corrected chi connectivity index (χ1v) is 5.72. The zero-order valence-corrected chi connectivity index (χ0v) is 10.0. The Kier molecular flexibility index (Phi) is 3.56. The quantitative estimate of drug-likeness (QED) is 0.771. The Hall–Kier alpha value is -1.36. The summed E-state index contributed by atoms with van der Waals surface area (Å²) < 4.78 is 4.99. The molecule has 5 heteroatoms. The van der Waals surface area contributed by atoms with Crippen molar-refractivity contribution in [2.45, 2.75) is 25.4 Å². The van der Waals surface area contributed by atoms with Gasteiger partial charge in [-0.1, -0.05) is 6.07 Å². The van der Waals surface area contributed by atoms with Crippen molar-refractivity contribution in [3.05, 3.63) is 23.9 Å². The first kappa shape index (κ1) is 11.1. The highest BCUT2D eigenvalue weighted by molar-refractivity contribution is 7.80. The van der Waals surface area contributed by atoms with Crippen LogP contribution in [0.5, 0.6) is 5.88 Å². The summed E-state index contributed by atoms with van der Waals surface area (Å²) >= 11 is 5.15. The van der Waals surface area contributed by atoms with E-state index in [0.29, 0.717) is 18.5 Å². The normalized spacial score (nSPS) is 14.3. The van der Waals surface area contributed by atoms with Crippen molar-refractivity contribution in [3.8, 4) is 5.88 Å². The van der Waals surface area contributed by atoms with E-state index in [9.17, 15) is 0 Å². The van der Waals surface area contributed by atoms with Gasteiger partial charge in [0.25, 0.3) is 0 Å². The zero-order chi connectivity index (χ0) is 11.4. The lowest BCUT2D eigenvalue weighted by molar-refractivity contribution is 0.397. The van der Waals surface area contributed by atoms with E-state index in [1.54, 1.807) is 13.3 Å². The van der Waals surface area contributed by atoms with Crippen LogP contribution < -0.4 is 15.4 Å². The van der Waals surface area contributed by atoms with Gasteiger partial charge in [0.2, 0.25) is 5.88 Å². The number of pyridine rings is 1. The summed E-state index contributed by atoms with van der Waals surface area (Å²) in [7, 11) is 1.61. The second-order valence-electron chi connectivity index (χ2n) is 3.81. The third kappa shape index (κ3) is 3.34. The van der Waals surface area contributed by atoms with E-state index in [1.165, 1.54) is 12.8 Å². The molecule has 1 saturated carbocycles. The predicted molar refractivity (Wildman–Crippen MR) is 66.4 cm³/mol. The molecule has 2 rings (SSSR count). The van der Waals surface area contributed by atoms with Gasteiger partial charge < -0.3 is 15.4 Å². The first-order chi connectivity index (χ1) is 7.78. The van der Waals surface area contributed by atoms with Crippen LogP contribution in [-0.4, -0.2) is 23.2 Å². The van der Waals surface area contributed by atoms with E-state index in [0.717, 1.165) is 10.7 Å². The van der Waals surface area contributed by atoms with Gasteiger partial charge in [0.15, 0.2) is 5.11 Å². The molecule has 1 heterocycles. The number of thiocarbonyl (C=S) groups is 1. The fourth-order valence-corrected chi connectivity index (χ4v) is 1.52. The SMILES string of the molecule is COc1ccc(CNC(=S)NC2CC2)cn1. The number of methoxy groups -OCH3 is 1. The number of nitrogens with one attached hydrogen (secondary N) is 2. The molecule has 0 amide bonds. The monoisotopic (exact) mass is 237 g/mol. The van der Waals surface area contributed by atoms with Gasteiger partial charge in [-0.15, -0.1) is 0 Å². The molecule has 1 aliphatic carbocycles. The minimum Gasteiger partial charge on any atom is -0.481 e. The molecule has 0 bridgehead atoms. The smallest absolute Gasteiger partial charge is 0.212 e. The van der Waals surface area contributed by atoms with Crippen LogP contribution in [0, 0.1) is 0 Å². The molecule has 0 aliphatic heterocycles. The highest BCUT2D eigenvalue weighted by Crippen LogP contribution is 2.18. The molecule has 0 aromatic carbocycles. The van der Waals surface area contributed by atoms with E-state index in [-0.39, 0.29) is 0 Å². The minimum absolute atomic E-state index is 0.592. The largest absolute Gasteiger partial charge is 0.481 e. The standard InChI is InChI=1S/C11H15N3OS/c1-15-10-5-2-8(6-12-10)7-13-11(16)14-9-3-4-9/h2,5-6,9H,3-4,7H2,1H3,(H2,13,14,16). The highest BCUT2D eigenvalue weighted by atomic mass is 32.1. The summed E-state index contributed by atoms with van der Waals surface area (Å²) in [5.41, 5.74) is 1.08. The van der Waals surface area contributed by atoms with E-state index in [1.807, 2.05) is 12.1 Å². The summed E-state index contributed by atoms with van der Waals surface area (Å²) in [5.74, 6) is 0.627. The summed E-state index contributed by atoms with van der Waals surface area (Å²) in [4.78, 5) is 4.12. The van der Waals surface area contributed by atoms with E-state index in [2.05, 4.69) is 15.6 Å². The molecule has 0 unspecified atom stereocenters. The van der Waals surface area contributed by atoms with Gasteiger partial charge in [-0.05, 0) is 30.6 Å². The van der Waals surface area contributed by atoms with Crippen LogP contribution >= 0.6 is 12.2 Å². The number of aromatic nitrogens is 1. The van der Waals surface area contributed by atoms with Gasteiger partial charge in [0, 0.05) is 24.8 Å². The molecule has 2 N–H and O–H groups in total. The Labute approximate surface area is 100 Å². The molecule has 0 radical (unpaired) electrons. The third-order valence-corrected chi connectivity index (χ3v) is 2.63. The van der Waals surface area contributed by atoms with Gasteiger partial charge in [0.1, 0.15) is 0 Å². The first-order valence-electron chi connectivity index (χ1n) is 5.31. The Morgan fingerprint density at radius 1 is 1.56 bits per heavy atom. The summed E-state index contributed by atoms with van der Waals surface area (Å²) in [6.07, 6.45) is 4.24. The molecule has 1 aliphatic rings. The number of hydrogen-bond donors (Lipinski definition) is 2. The molecule has 0 saturated heterocycles. The summed E-state index contributed by atoms with van der Waals surface area (Å²) in [6.45, 7) is 0.690. The molecule has 0 spiro atoms. The van der Waals surface area contributed by atoms with Crippen molar-refractivity contribution in [2.24, 2.45) is 0 Å². The Morgan fingerprint density at radius 3 is 2.94 bits per heavy atom. The van der Waals surface area contributed by atoms with Crippen LogP contribution in [0.4, 0.5) is 0 Å². The van der Waals surface area contributed by atoms with Gasteiger partial charge in [-0.2, -0.15) is 0 Å². The van der Waals surface area contributed by atoms with Crippen LogP contribution in [0.1, 0.15) is 18.4 Å². The predicted octanol–water partition coefficient (Wildman–Crippen LogP) is 1.22. The van der Waals surface area contributed by atoms with Crippen molar-refractivity contribution in [1.29, 1.82) is 0 Å². The topological polar surface area (TPSA) is 46.2 Å². The average Bonchev–Trinajstić information content (AvgIpc) is 3.11. The van der Waals surface area contributed by atoms with Crippen LogP contribution in [-0.2, 0) is 6.54 Å². The van der Waals surface area contributed by atoms with E-state index >= 15 is 0 Å². The van der Waals surface area contributed by atoms with Crippen molar-refractivity contribution in [2.75, 3.05) is 7.11 Å². The maximum absolute atomic E-state index is 5.15. The van der Waals surface area contributed by atoms with Gasteiger partial charge >= 0.3 is 0 Å². The van der Waals surface area contributed by atoms with E-state index in [4.69, 9.17) is 17.0 Å². The van der Waals surface area contributed by atoms with Gasteiger partial charge in [-0.25, -0.2) is 4.98 Å². The molecule has 86 valence electrons. The summed E-state index contributed by atoms with van der Waals surface area (Å²) in [5, 5.41) is 7.09. The molecule has 16 heavy (non-hydrogen) atoms. The van der Waals surface area contributed by atoms with Crippen molar-refractivity contribution < 1.29 is 4.74 Å². The van der Waals surface area contributed by atoms with Crippen LogP contribution in [0.2, 0.25) is 0 Å². The second-order valence-corrected chi connectivity index (χ2v) is 4.22. The third-order valence-electron chi connectivity index (χ3n) is 2.37. The lowest BCUT2D eigenvalue weighted by Gasteiger charge is -2.09. The van der Waals surface area contributed by atoms with Crippen molar-refractivity contribution >= 4 is 17.3 Å². The number of nitrogens with zero attached hydrogens (tertiary/aromatic N) is 1. The Bertz CT molecular complexity index is 362. The molecule has 1 aromatic rings. The molecule has 4 nitrogen and oxygen atoms in total. The molecule has 1 aromatic heterocycles. The Balaban J connectivity index is 1.76. The number of ether oxygens (including phenoxy) is 1. The Morgan fingerprint density at radius 2 is 2.38 bits per heavy atom. The van der Waals surface area contributed by atoms with Crippen LogP contribution in [0.15, 0.2) is 18.3 Å². The zero-order valence-electron chi connectivity index (χ0n) is 9.19. The lowest BCUT2D eigenvalue weighted by atomic mass is 10.3. The molecule has 1 fully saturated rings. The number of hydrogen-bond acceptors (Lipinski definition) is 3. The molecular formula is C11H15N3OS. The second kappa shape index (κ2) is 5.12. The minimum atomic E-state index is 0.592. The average molecular weight is 237 g/mol. The highest BCUT2D eigenvalue weighted by Gasteiger charge is 2.21. The van der Waals surface area contributed by atoms with Crippen LogP contribution in [0.25, 0.3) is 0 Å². The molecule has 0 atom stereocenters. The fraction of sp³-hybridized carbons (Fsp3) is 0.455. The van der Waals surface area contributed by atoms with Crippen molar-refractivity contribution in [1.82, 2.24) is 15.6 Å². The van der Waals surface area contributed by atoms with E-state index < -0.39 is 0 Å². The maximum Gasteiger partial charge on any atom is 0.212 e. The summed E-state index contributed by atoms with van der Waals surface area (Å²) in [6, 6.07) is 4.40. The lowest BCUT2D eigenvalue weighted by Crippen LogP contribution is -2.36. The van der Waals surface area contributed by atoms with Crippen molar-refractivity contribution in [3.63, 3.8) is 0 Å².